The van der Waals surface area contributed by atoms with E-state index in [4.69, 9.17) is 25.2 Å². The molecule has 3 unspecified atom stereocenters. The number of piperazine rings is 1. The summed E-state index contributed by atoms with van der Waals surface area (Å²) in [4.78, 5) is 28.3. The number of nitrogens with one attached hydrogen (secondary N) is 1. The number of nitrogens with zero attached hydrogens (tertiary/aromatic N) is 6. The Morgan fingerprint density at radius 2 is 1.86 bits per heavy atom. The van der Waals surface area contributed by atoms with Crippen molar-refractivity contribution < 1.29 is 14.3 Å². The maximum atomic E-state index is 13.5. The van der Waals surface area contributed by atoms with E-state index in [9.17, 15) is 4.79 Å². The number of anilines is 1. The van der Waals surface area contributed by atoms with Gasteiger partial charge in [0.25, 0.3) is 0 Å². The summed E-state index contributed by atoms with van der Waals surface area (Å²) < 4.78 is 14.3. The zero-order valence-electron chi connectivity index (χ0n) is 31.4. The molecule has 5 heterocycles. The summed E-state index contributed by atoms with van der Waals surface area (Å²) in [5.74, 6) is 0.110. The SMILES string of the molecule is CCOC(c1nc(-c2ccc3c(c2)c(CC(C)C)c(-c2cc(N4CCN(C)CC4)cnc2C(N)OC)n3CC)cs1)C(C)C(=O)N1CCCCN1. The summed E-state index contributed by atoms with van der Waals surface area (Å²) >= 11 is 1.56. The van der Waals surface area contributed by atoms with Gasteiger partial charge in [-0.3, -0.25) is 14.8 Å². The van der Waals surface area contributed by atoms with Gasteiger partial charge in [-0.25, -0.2) is 10.4 Å². The summed E-state index contributed by atoms with van der Waals surface area (Å²) in [6, 6.07) is 8.96. The summed E-state index contributed by atoms with van der Waals surface area (Å²) in [5, 5.41) is 5.88. The highest BCUT2D eigenvalue weighted by Gasteiger charge is 2.33. The van der Waals surface area contributed by atoms with Gasteiger partial charge in [0.2, 0.25) is 5.91 Å². The smallest absolute Gasteiger partial charge is 0.242 e. The molecule has 4 aromatic rings. The highest BCUT2D eigenvalue weighted by molar-refractivity contribution is 7.10. The molecule has 0 spiro atoms. The lowest BCUT2D eigenvalue weighted by molar-refractivity contribution is -0.145. The minimum atomic E-state index is -0.654. The van der Waals surface area contributed by atoms with Gasteiger partial charge in [0.15, 0.2) is 0 Å². The molecule has 1 aromatic carbocycles. The number of carbonyl (C=O) groups is 1. The number of fused-ring (bicyclic) bond motifs is 1. The Kier molecular flexibility index (Phi) is 12.1. The monoisotopic (exact) mass is 716 g/mol. The number of hydrogen-bond donors (Lipinski definition) is 2. The minimum Gasteiger partial charge on any atom is -0.370 e. The Morgan fingerprint density at radius 3 is 2.53 bits per heavy atom. The van der Waals surface area contributed by atoms with Crippen LogP contribution in [0.1, 0.15) is 76.1 Å². The Morgan fingerprint density at radius 1 is 1.08 bits per heavy atom. The maximum absolute atomic E-state index is 13.5. The number of carbonyl (C=O) groups excluding carboxylic acids is 1. The number of ether oxygens (including phenoxy) is 2. The van der Waals surface area contributed by atoms with Crippen LogP contribution in [0.5, 0.6) is 0 Å². The number of benzene rings is 1. The predicted molar refractivity (Wildman–Crippen MR) is 207 cm³/mol. The summed E-state index contributed by atoms with van der Waals surface area (Å²) in [6.07, 6.45) is 3.86. The number of rotatable bonds is 13. The summed E-state index contributed by atoms with van der Waals surface area (Å²) in [7, 11) is 3.81. The van der Waals surface area contributed by atoms with Crippen molar-refractivity contribution in [3.05, 3.63) is 52.1 Å². The van der Waals surface area contributed by atoms with Crippen molar-refractivity contribution >= 4 is 33.8 Å². The first-order valence-electron chi connectivity index (χ1n) is 18.6. The molecule has 0 aliphatic carbocycles. The molecule has 11 nitrogen and oxygen atoms in total. The molecule has 0 saturated carbocycles. The first-order chi connectivity index (χ1) is 24.6. The van der Waals surface area contributed by atoms with Crippen molar-refractivity contribution in [2.24, 2.45) is 17.6 Å². The number of amides is 1. The van der Waals surface area contributed by atoms with Crippen molar-refractivity contribution in [3.63, 3.8) is 0 Å². The fourth-order valence-electron chi connectivity index (χ4n) is 7.48. The number of aryl methyl sites for hydroxylation is 1. The third kappa shape index (κ3) is 7.86. The Bertz CT molecular complexity index is 1790. The lowest BCUT2D eigenvalue weighted by Crippen LogP contribution is -2.50. The molecule has 3 N–H and O–H groups in total. The van der Waals surface area contributed by atoms with Crippen molar-refractivity contribution in [2.45, 2.75) is 72.8 Å². The molecule has 2 aliphatic heterocycles. The molecule has 2 saturated heterocycles. The second-order valence-corrected chi connectivity index (χ2v) is 15.2. The standard InChI is InChI=1S/C39H56N8O3S/c1-8-46-33-13-12-27(32-24-51-38(43-32)36(50-9-2)26(5)39(48)47-15-11-10-14-42-47)21-29(33)30(20-25(3)4)35(46)31-22-28(23-41-34(31)37(40)49-7)45-18-16-44(6)17-19-45/h12-13,21-26,36-37,42H,8-11,14-20,40H2,1-7H3. The van der Waals surface area contributed by atoms with Crippen LogP contribution in [0, 0.1) is 11.8 Å². The van der Waals surface area contributed by atoms with Crippen LogP contribution >= 0.6 is 11.3 Å². The third-order valence-electron chi connectivity index (χ3n) is 10.3. The van der Waals surface area contributed by atoms with Crippen molar-refractivity contribution in [1.29, 1.82) is 0 Å². The molecule has 51 heavy (non-hydrogen) atoms. The van der Waals surface area contributed by atoms with Crippen LogP contribution < -0.4 is 16.1 Å². The van der Waals surface area contributed by atoms with Crippen LogP contribution in [0.4, 0.5) is 5.69 Å². The van der Waals surface area contributed by atoms with Gasteiger partial charge in [0.05, 0.1) is 34.9 Å². The lowest BCUT2D eigenvalue weighted by atomic mass is 9.95. The summed E-state index contributed by atoms with van der Waals surface area (Å²) in [5.41, 5.74) is 18.3. The highest BCUT2D eigenvalue weighted by Crippen LogP contribution is 2.41. The molecule has 1 amide bonds. The highest BCUT2D eigenvalue weighted by atomic mass is 32.1. The number of aromatic nitrogens is 3. The molecule has 3 aromatic heterocycles. The van der Waals surface area contributed by atoms with Crippen LogP contribution in [0.15, 0.2) is 35.8 Å². The van der Waals surface area contributed by atoms with Crippen LogP contribution in [-0.2, 0) is 27.2 Å². The van der Waals surface area contributed by atoms with E-state index in [0.717, 1.165) is 104 Å². The van der Waals surface area contributed by atoms with Gasteiger partial charge in [-0.05, 0) is 69.8 Å². The molecular weight excluding hydrogens is 661 g/mol. The number of thiazole rings is 1. The topological polar surface area (TPSA) is 114 Å². The number of likely N-dealkylation sites (N-methyl/N-ethyl adjacent to an activating group) is 1. The Labute approximate surface area is 307 Å². The van der Waals surface area contributed by atoms with E-state index in [2.05, 4.69) is 77.3 Å². The second kappa shape index (κ2) is 16.5. The lowest BCUT2D eigenvalue weighted by Gasteiger charge is -2.34. The van der Waals surface area contributed by atoms with Crippen LogP contribution in [0.3, 0.4) is 0 Å². The average molecular weight is 717 g/mol. The number of hydrogen-bond acceptors (Lipinski definition) is 10. The van der Waals surface area contributed by atoms with Gasteiger partial charge in [-0.15, -0.1) is 11.3 Å². The van der Waals surface area contributed by atoms with E-state index in [1.807, 2.05) is 20.0 Å². The zero-order valence-corrected chi connectivity index (χ0v) is 32.3. The van der Waals surface area contributed by atoms with Crippen LogP contribution in [0.2, 0.25) is 0 Å². The van der Waals surface area contributed by atoms with Gasteiger partial charge in [0, 0.05) is 86.9 Å². The van der Waals surface area contributed by atoms with Crippen molar-refractivity contribution in [2.75, 3.05) is 64.9 Å². The predicted octanol–water partition coefficient (Wildman–Crippen LogP) is 6.24. The molecule has 0 bridgehead atoms. The van der Waals surface area contributed by atoms with Gasteiger partial charge in [-0.2, -0.15) is 0 Å². The second-order valence-electron chi connectivity index (χ2n) is 14.3. The fraction of sp³-hybridized carbons (Fsp3) is 0.564. The molecule has 12 heteroatoms. The number of methoxy groups -OCH3 is 1. The Hall–Kier alpha value is -3.39. The normalized spacial score (nSPS) is 17.7. The Balaban J connectivity index is 1.43. The zero-order chi connectivity index (χ0) is 36.2. The van der Waals surface area contributed by atoms with E-state index in [1.165, 1.54) is 16.5 Å². The first kappa shape index (κ1) is 37.4. The largest absolute Gasteiger partial charge is 0.370 e. The van der Waals surface area contributed by atoms with Crippen LogP contribution in [0.25, 0.3) is 33.4 Å². The van der Waals surface area contributed by atoms with Crippen molar-refractivity contribution in [1.82, 2.24) is 29.9 Å². The van der Waals surface area contributed by atoms with Gasteiger partial charge in [0.1, 0.15) is 17.3 Å². The minimum absolute atomic E-state index is 0.0526. The fourth-order valence-corrected chi connectivity index (χ4v) is 8.45. The maximum Gasteiger partial charge on any atom is 0.242 e. The van der Waals surface area contributed by atoms with E-state index >= 15 is 0 Å². The summed E-state index contributed by atoms with van der Waals surface area (Å²) in [6.45, 7) is 17.4. The molecule has 0 radical (unpaired) electrons. The molecule has 3 atom stereocenters. The van der Waals surface area contributed by atoms with Crippen LogP contribution in [-0.4, -0.2) is 90.4 Å². The first-order valence-corrected chi connectivity index (χ1v) is 19.5. The molecule has 276 valence electrons. The van der Waals surface area contributed by atoms with E-state index in [-0.39, 0.29) is 11.8 Å². The number of pyridine rings is 1. The molecule has 2 fully saturated rings. The van der Waals surface area contributed by atoms with Gasteiger partial charge in [-0.1, -0.05) is 26.8 Å². The van der Waals surface area contributed by atoms with Crippen molar-refractivity contribution in [3.8, 4) is 22.5 Å². The average Bonchev–Trinajstić information content (AvgIpc) is 3.76. The number of nitrogens with two attached hydrogens (primary N) is 1. The molecular formula is C39H56N8O3S. The molecule has 2 aliphatic rings. The third-order valence-corrected chi connectivity index (χ3v) is 11.2. The van der Waals surface area contributed by atoms with E-state index in [0.29, 0.717) is 12.5 Å². The van der Waals surface area contributed by atoms with E-state index < -0.39 is 12.3 Å². The van der Waals surface area contributed by atoms with E-state index in [1.54, 1.807) is 23.5 Å². The molecule has 6 rings (SSSR count). The number of hydrazine groups is 1. The van der Waals surface area contributed by atoms with Gasteiger partial charge < -0.3 is 29.6 Å². The van der Waals surface area contributed by atoms with Gasteiger partial charge >= 0.3 is 0 Å². The quantitative estimate of drug-likeness (QED) is 0.155.